The Morgan fingerprint density at radius 1 is 0.897 bits per heavy atom. The molecule has 11 heteroatoms. The smallest absolute Gasteiger partial charge is 0.439 e. The Morgan fingerprint density at radius 3 is 2.36 bits per heavy atom. The van der Waals surface area contributed by atoms with Gasteiger partial charge in [-0.1, -0.05) is 65.3 Å². The van der Waals surface area contributed by atoms with Crippen molar-refractivity contribution in [1.82, 2.24) is 25.1 Å². The molecule has 2 N–H and O–H groups in total. The Hall–Kier alpha value is -3.99. The molecule has 0 spiro atoms. The zero-order valence-corrected chi connectivity index (χ0v) is 21.5. The molecule has 2 aromatic carbocycles. The highest BCUT2D eigenvalue weighted by Crippen LogP contribution is 2.34. The first kappa shape index (κ1) is 24.1. The Balaban J connectivity index is 1.10. The van der Waals surface area contributed by atoms with Gasteiger partial charge < -0.3 is 19.2 Å². The summed E-state index contributed by atoms with van der Waals surface area (Å²) in [6.07, 6.45) is 1.89. The minimum absolute atomic E-state index is 0.0768. The van der Waals surface area contributed by atoms with E-state index in [9.17, 15) is 4.79 Å². The van der Waals surface area contributed by atoms with E-state index in [-0.39, 0.29) is 18.1 Å². The molecular weight excluding hydrogens is 522 g/mol. The van der Waals surface area contributed by atoms with Crippen LogP contribution in [-0.4, -0.2) is 57.1 Å². The highest BCUT2D eigenvalue weighted by Gasteiger charge is 2.40. The quantitative estimate of drug-likeness (QED) is 0.320. The lowest BCUT2D eigenvalue weighted by Gasteiger charge is -2.19. The Bertz CT molecular complexity index is 1680. The molecule has 0 bridgehead atoms. The molecule has 198 valence electrons. The molecule has 0 radical (unpaired) electrons. The number of aromatic amines is 2. The van der Waals surface area contributed by atoms with Gasteiger partial charge in [0, 0.05) is 30.3 Å². The monoisotopic (exact) mass is 545 g/mol. The highest BCUT2D eigenvalue weighted by atomic mass is 35.5. The van der Waals surface area contributed by atoms with Crippen LogP contribution in [0.4, 0.5) is 0 Å². The van der Waals surface area contributed by atoms with Crippen molar-refractivity contribution >= 4 is 22.8 Å². The maximum Gasteiger partial charge on any atom is 0.439 e. The van der Waals surface area contributed by atoms with Crippen molar-refractivity contribution in [2.45, 2.75) is 25.0 Å². The van der Waals surface area contributed by atoms with Gasteiger partial charge in [0.25, 0.3) is 6.01 Å². The molecule has 3 unspecified atom stereocenters. The molecule has 0 aliphatic carbocycles. The van der Waals surface area contributed by atoms with Crippen LogP contribution in [0.5, 0.6) is 6.01 Å². The molecule has 3 aromatic heterocycles. The van der Waals surface area contributed by atoms with Crippen LogP contribution in [-0.2, 0) is 9.47 Å². The zero-order chi connectivity index (χ0) is 26.3. The summed E-state index contributed by atoms with van der Waals surface area (Å²) in [7, 11) is 0. The number of hydrogen-bond acceptors (Lipinski definition) is 8. The molecule has 7 rings (SSSR count). The predicted molar refractivity (Wildman–Crippen MR) is 144 cm³/mol. The molecule has 39 heavy (non-hydrogen) atoms. The average Bonchev–Trinajstić information content (AvgIpc) is 3.62. The molecular formula is C28H24ClN5O5. The number of halogens is 1. The summed E-state index contributed by atoms with van der Waals surface area (Å²) in [4.78, 5) is 26.3. The summed E-state index contributed by atoms with van der Waals surface area (Å²) in [5.74, 6) is 0.0965. The van der Waals surface area contributed by atoms with Gasteiger partial charge in [0.2, 0.25) is 0 Å². The minimum atomic E-state index is -0.583. The van der Waals surface area contributed by atoms with E-state index < -0.39 is 5.76 Å². The predicted octanol–water partition coefficient (Wildman–Crippen LogP) is 4.86. The van der Waals surface area contributed by atoms with Crippen LogP contribution in [0.2, 0.25) is 5.02 Å². The number of nitrogens with zero attached hydrogens (tertiary/aromatic N) is 3. The molecule has 2 saturated heterocycles. The number of ether oxygens (including phenoxy) is 3. The minimum Gasteiger partial charge on any atom is -0.459 e. The van der Waals surface area contributed by atoms with Crippen molar-refractivity contribution in [2.75, 3.05) is 19.8 Å². The van der Waals surface area contributed by atoms with Crippen molar-refractivity contribution in [3.05, 3.63) is 70.2 Å². The molecule has 2 aliphatic rings. The standard InChI is InChI=1S/C28H24ClN5O5/c29-20-13-21-26(32-27(30-21)38-23-14-37-22-10-12-36-11-9-19(22)23)31-24(20)17-5-1-15(2-6-17)16-3-7-18(8-4-16)25-33-28(35)39-34-25/h1-8,13,19,22-23H,9-12,14H2,(H,30,31,32)(H,33,34,35). The third-order valence-corrected chi connectivity index (χ3v) is 7.62. The molecule has 2 fully saturated rings. The summed E-state index contributed by atoms with van der Waals surface area (Å²) in [5.41, 5.74) is 5.56. The number of fused-ring (bicyclic) bond motifs is 2. The van der Waals surface area contributed by atoms with Crippen LogP contribution in [0.3, 0.4) is 0 Å². The largest absolute Gasteiger partial charge is 0.459 e. The summed E-state index contributed by atoms with van der Waals surface area (Å²) >= 11 is 6.64. The van der Waals surface area contributed by atoms with E-state index in [1.807, 2.05) is 54.6 Å². The van der Waals surface area contributed by atoms with E-state index in [0.29, 0.717) is 40.3 Å². The summed E-state index contributed by atoms with van der Waals surface area (Å²) < 4.78 is 22.4. The van der Waals surface area contributed by atoms with E-state index in [4.69, 9.17) is 30.8 Å². The topological polar surface area (TPSA) is 128 Å². The molecule has 2 aliphatic heterocycles. The first-order valence-corrected chi connectivity index (χ1v) is 13.2. The molecule has 5 aromatic rings. The maximum absolute atomic E-state index is 11.2. The lowest BCUT2D eigenvalue weighted by molar-refractivity contribution is 0.0655. The molecule has 3 atom stereocenters. The van der Waals surface area contributed by atoms with Gasteiger partial charge in [0.05, 0.1) is 28.9 Å². The van der Waals surface area contributed by atoms with Gasteiger partial charge in [0.15, 0.2) is 11.5 Å². The van der Waals surface area contributed by atoms with Gasteiger partial charge in [-0.2, -0.15) is 4.98 Å². The van der Waals surface area contributed by atoms with Crippen molar-refractivity contribution < 1.29 is 18.7 Å². The lowest BCUT2D eigenvalue weighted by Crippen LogP contribution is -2.29. The van der Waals surface area contributed by atoms with Crippen molar-refractivity contribution in [3.8, 4) is 39.8 Å². The Labute approximate surface area is 227 Å². The van der Waals surface area contributed by atoms with Crippen molar-refractivity contribution in [3.63, 3.8) is 0 Å². The summed E-state index contributed by atoms with van der Waals surface area (Å²) in [5, 5.41) is 4.24. The molecule has 10 nitrogen and oxygen atoms in total. The van der Waals surface area contributed by atoms with Gasteiger partial charge in [0.1, 0.15) is 6.10 Å². The van der Waals surface area contributed by atoms with Crippen LogP contribution in [0, 0.1) is 5.92 Å². The van der Waals surface area contributed by atoms with E-state index in [1.165, 1.54) is 0 Å². The number of H-pyrrole nitrogens is 2. The second-order valence-electron chi connectivity index (χ2n) is 9.71. The summed E-state index contributed by atoms with van der Waals surface area (Å²) in [6, 6.07) is 17.9. The average molecular weight is 546 g/mol. The van der Waals surface area contributed by atoms with Gasteiger partial charge in [-0.25, -0.2) is 9.78 Å². The lowest BCUT2D eigenvalue weighted by atomic mass is 9.94. The number of imidazole rings is 1. The number of pyridine rings is 1. The van der Waals surface area contributed by atoms with Crippen LogP contribution < -0.4 is 10.5 Å². The van der Waals surface area contributed by atoms with Gasteiger partial charge in [-0.3, -0.25) is 9.51 Å². The van der Waals surface area contributed by atoms with Gasteiger partial charge in [-0.15, -0.1) is 0 Å². The fraction of sp³-hybridized carbons (Fsp3) is 0.286. The third-order valence-electron chi connectivity index (χ3n) is 7.33. The second kappa shape index (κ2) is 9.96. The fourth-order valence-electron chi connectivity index (χ4n) is 5.31. The number of hydrogen-bond donors (Lipinski definition) is 2. The third kappa shape index (κ3) is 4.71. The number of nitrogens with one attached hydrogen (secondary N) is 2. The SMILES string of the molecule is O=c1[nH]c(-c2ccc(-c3ccc(-c4nc5nc(OC6COC7CCOCCC76)[nH]c5cc4Cl)cc3)cc2)no1. The molecule has 5 heterocycles. The first-order chi connectivity index (χ1) is 19.1. The van der Waals surface area contributed by atoms with Crippen LogP contribution >= 0.6 is 11.6 Å². The Morgan fingerprint density at radius 2 is 1.62 bits per heavy atom. The van der Waals surface area contributed by atoms with Gasteiger partial charge >= 0.3 is 5.76 Å². The fourth-order valence-corrected chi connectivity index (χ4v) is 5.57. The van der Waals surface area contributed by atoms with E-state index in [2.05, 4.69) is 24.6 Å². The zero-order valence-electron chi connectivity index (χ0n) is 20.7. The van der Waals surface area contributed by atoms with Crippen LogP contribution in [0.1, 0.15) is 12.8 Å². The first-order valence-electron chi connectivity index (χ1n) is 12.8. The van der Waals surface area contributed by atoms with E-state index >= 15 is 0 Å². The van der Waals surface area contributed by atoms with Crippen LogP contribution in [0.25, 0.3) is 44.9 Å². The highest BCUT2D eigenvalue weighted by molar-refractivity contribution is 6.33. The number of rotatable bonds is 5. The number of aromatic nitrogens is 5. The number of benzene rings is 2. The summed E-state index contributed by atoms with van der Waals surface area (Å²) in [6.45, 7) is 1.99. The second-order valence-corrected chi connectivity index (χ2v) is 10.1. The maximum atomic E-state index is 11.2. The van der Waals surface area contributed by atoms with Crippen molar-refractivity contribution in [2.24, 2.45) is 5.92 Å². The Kier molecular flexibility index (Phi) is 6.15. The van der Waals surface area contributed by atoms with E-state index in [1.54, 1.807) is 0 Å². The molecule has 0 amide bonds. The van der Waals surface area contributed by atoms with Crippen LogP contribution in [0.15, 0.2) is 63.9 Å². The molecule has 0 saturated carbocycles. The normalized spacial score (nSPS) is 21.1. The van der Waals surface area contributed by atoms with E-state index in [0.717, 1.165) is 48.3 Å². The van der Waals surface area contributed by atoms with Gasteiger partial charge in [-0.05, 0) is 30.0 Å². The van der Waals surface area contributed by atoms with Crippen molar-refractivity contribution in [1.29, 1.82) is 0 Å².